The molecule has 0 amide bonds. The van der Waals surface area contributed by atoms with Crippen LogP contribution in [-0.2, 0) is 0 Å². The minimum Gasteiger partial charge on any atom is -0.255 e. The standard InChI is InChI=1S/C11H10IN2P/c1-15-9-3-5-14-11(7-9)10-6-8(12)2-4-13-10/h2-7,15H,1H3. The van der Waals surface area contributed by atoms with Gasteiger partial charge in [-0.05, 0) is 58.8 Å². The molecule has 0 aliphatic heterocycles. The summed E-state index contributed by atoms with van der Waals surface area (Å²) < 4.78 is 1.18. The van der Waals surface area contributed by atoms with Crippen LogP contribution in [-0.4, -0.2) is 16.6 Å². The van der Waals surface area contributed by atoms with E-state index in [4.69, 9.17) is 0 Å². The number of nitrogens with zero attached hydrogens (tertiary/aromatic N) is 2. The van der Waals surface area contributed by atoms with E-state index in [1.54, 1.807) is 0 Å². The largest absolute Gasteiger partial charge is 0.255 e. The average Bonchev–Trinajstić information content (AvgIpc) is 2.29. The Balaban J connectivity index is 2.44. The molecule has 76 valence electrons. The molecular weight excluding hydrogens is 318 g/mol. The van der Waals surface area contributed by atoms with Crippen molar-refractivity contribution in [3.05, 3.63) is 40.2 Å². The maximum absolute atomic E-state index is 4.34. The summed E-state index contributed by atoms with van der Waals surface area (Å²) >= 11 is 2.28. The Morgan fingerprint density at radius 1 is 1.07 bits per heavy atom. The summed E-state index contributed by atoms with van der Waals surface area (Å²) in [5.41, 5.74) is 1.90. The van der Waals surface area contributed by atoms with Crippen LogP contribution in [0.25, 0.3) is 11.4 Å². The highest BCUT2D eigenvalue weighted by Crippen LogP contribution is 2.16. The molecular formula is C11H10IN2P. The molecule has 0 aromatic carbocycles. The van der Waals surface area contributed by atoms with E-state index in [1.807, 2.05) is 24.5 Å². The SMILES string of the molecule is CPc1ccnc(-c2cc(I)ccn2)c1. The van der Waals surface area contributed by atoms with Crippen LogP contribution in [0, 0.1) is 3.57 Å². The van der Waals surface area contributed by atoms with Gasteiger partial charge in [0.05, 0.1) is 11.4 Å². The lowest BCUT2D eigenvalue weighted by atomic mass is 10.2. The van der Waals surface area contributed by atoms with E-state index >= 15 is 0 Å². The van der Waals surface area contributed by atoms with E-state index in [1.165, 1.54) is 8.87 Å². The molecule has 0 bridgehead atoms. The van der Waals surface area contributed by atoms with Crippen molar-refractivity contribution < 1.29 is 0 Å². The Morgan fingerprint density at radius 2 is 1.73 bits per heavy atom. The minimum atomic E-state index is 0.799. The van der Waals surface area contributed by atoms with Gasteiger partial charge >= 0.3 is 0 Å². The molecule has 0 spiro atoms. The molecule has 2 heterocycles. The van der Waals surface area contributed by atoms with E-state index in [-0.39, 0.29) is 0 Å². The predicted octanol–water partition coefficient (Wildman–Crippen LogP) is 2.68. The second-order valence-electron chi connectivity index (χ2n) is 3.04. The molecule has 0 saturated carbocycles. The number of hydrogen-bond donors (Lipinski definition) is 0. The third kappa shape index (κ3) is 2.73. The first-order valence-corrected chi connectivity index (χ1v) is 7.13. The van der Waals surface area contributed by atoms with Crippen LogP contribution in [0.4, 0.5) is 0 Å². The van der Waals surface area contributed by atoms with Crippen molar-refractivity contribution >= 4 is 36.5 Å². The van der Waals surface area contributed by atoms with Gasteiger partial charge in [-0.25, -0.2) is 0 Å². The topological polar surface area (TPSA) is 25.8 Å². The van der Waals surface area contributed by atoms with Crippen LogP contribution < -0.4 is 5.30 Å². The molecule has 1 unspecified atom stereocenters. The van der Waals surface area contributed by atoms with Gasteiger partial charge in [-0.1, -0.05) is 8.58 Å². The number of hydrogen-bond acceptors (Lipinski definition) is 2. The number of pyridine rings is 2. The molecule has 4 heteroatoms. The smallest absolute Gasteiger partial charge is 0.0896 e. The van der Waals surface area contributed by atoms with Gasteiger partial charge in [0.1, 0.15) is 0 Å². The van der Waals surface area contributed by atoms with Crippen LogP contribution in [0.5, 0.6) is 0 Å². The quantitative estimate of drug-likeness (QED) is 0.626. The van der Waals surface area contributed by atoms with E-state index in [9.17, 15) is 0 Å². The highest BCUT2D eigenvalue weighted by atomic mass is 127. The fraction of sp³-hybridized carbons (Fsp3) is 0.0909. The second kappa shape index (κ2) is 4.99. The molecule has 2 rings (SSSR count). The molecule has 0 N–H and O–H groups in total. The van der Waals surface area contributed by atoms with Crippen LogP contribution in [0.2, 0.25) is 0 Å². The van der Waals surface area contributed by atoms with E-state index in [0.717, 1.165) is 20.0 Å². The van der Waals surface area contributed by atoms with Gasteiger partial charge in [0.25, 0.3) is 0 Å². The maximum Gasteiger partial charge on any atom is 0.0896 e. The van der Waals surface area contributed by atoms with Crippen molar-refractivity contribution in [2.45, 2.75) is 0 Å². The molecule has 0 saturated heterocycles. The van der Waals surface area contributed by atoms with Crippen molar-refractivity contribution in [1.29, 1.82) is 0 Å². The van der Waals surface area contributed by atoms with Crippen molar-refractivity contribution in [3.63, 3.8) is 0 Å². The molecule has 2 nitrogen and oxygen atoms in total. The molecule has 15 heavy (non-hydrogen) atoms. The van der Waals surface area contributed by atoms with Gasteiger partial charge in [0.15, 0.2) is 0 Å². The summed E-state index contributed by atoms with van der Waals surface area (Å²) in [4.78, 5) is 8.66. The first kappa shape index (κ1) is 11.0. The van der Waals surface area contributed by atoms with E-state index in [0.29, 0.717) is 0 Å². The summed E-state index contributed by atoms with van der Waals surface area (Å²) in [6.07, 6.45) is 3.67. The lowest BCUT2D eigenvalue weighted by Crippen LogP contribution is -1.96. The average molecular weight is 328 g/mol. The normalized spacial score (nSPS) is 11.1. The molecule has 2 aromatic heterocycles. The zero-order chi connectivity index (χ0) is 10.7. The fourth-order valence-electron chi connectivity index (χ4n) is 1.27. The van der Waals surface area contributed by atoms with E-state index in [2.05, 4.69) is 51.4 Å². The molecule has 0 aliphatic carbocycles. The minimum absolute atomic E-state index is 0.799. The van der Waals surface area contributed by atoms with Crippen LogP contribution in [0.3, 0.4) is 0 Å². The van der Waals surface area contributed by atoms with Crippen LogP contribution in [0.15, 0.2) is 36.7 Å². The predicted molar refractivity (Wildman–Crippen MR) is 74.1 cm³/mol. The van der Waals surface area contributed by atoms with Gasteiger partial charge in [-0.2, -0.15) is 0 Å². The Hall–Kier alpha value is -0.540. The maximum atomic E-state index is 4.34. The molecule has 0 aliphatic rings. The van der Waals surface area contributed by atoms with Gasteiger partial charge in [-0.15, -0.1) is 0 Å². The van der Waals surface area contributed by atoms with Gasteiger partial charge in [-0.3, -0.25) is 9.97 Å². The lowest BCUT2D eigenvalue weighted by molar-refractivity contribution is 1.25. The third-order valence-electron chi connectivity index (χ3n) is 2.03. The molecule has 0 radical (unpaired) electrons. The third-order valence-corrected chi connectivity index (χ3v) is 3.59. The second-order valence-corrected chi connectivity index (χ2v) is 5.36. The first-order chi connectivity index (χ1) is 7.29. The van der Waals surface area contributed by atoms with Crippen molar-refractivity contribution in [3.8, 4) is 11.4 Å². The zero-order valence-corrected chi connectivity index (χ0v) is 11.4. The van der Waals surface area contributed by atoms with Crippen LogP contribution in [0.1, 0.15) is 0 Å². The zero-order valence-electron chi connectivity index (χ0n) is 8.24. The van der Waals surface area contributed by atoms with Gasteiger partial charge in [0, 0.05) is 16.0 Å². The van der Waals surface area contributed by atoms with Gasteiger partial charge < -0.3 is 0 Å². The van der Waals surface area contributed by atoms with Crippen molar-refractivity contribution in [2.75, 3.05) is 6.66 Å². The highest BCUT2D eigenvalue weighted by Gasteiger charge is 2.01. The molecule has 1 atom stereocenters. The molecule has 2 aromatic rings. The lowest BCUT2D eigenvalue weighted by Gasteiger charge is -2.02. The summed E-state index contributed by atoms with van der Waals surface area (Å²) in [6, 6.07) is 8.19. The number of aromatic nitrogens is 2. The van der Waals surface area contributed by atoms with E-state index < -0.39 is 0 Å². The number of rotatable bonds is 2. The highest BCUT2D eigenvalue weighted by molar-refractivity contribution is 14.1. The fourth-order valence-corrected chi connectivity index (χ4v) is 2.25. The summed E-state index contributed by atoms with van der Waals surface area (Å²) in [5.74, 6) is 0. The first-order valence-electron chi connectivity index (χ1n) is 4.55. The Morgan fingerprint density at radius 3 is 2.40 bits per heavy atom. The Bertz CT molecular complexity index is 474. The summed E-state index contributed by atoms with van der Waals surface area (Å²) in [7, 11) is 0.799. The Kier molecular flexibility index (Phi) is 3.65. The van der Waals surface area contributed by atoms with Crippen molar-refractivity contribution in [1.82, 2.24) is 9.97 Å². The van der Waals surface area contributed by atoms with Crippen LogP contribution >= 0.6 is 31.2 Å². The number of halogens is 1. The summed E-state index contributed by atoms with van der Waals surface area (Å²) in [6.45, 7) is 2.17. The van der Waals surface area contributed by atoms with Gasteiger partial charge in [0.2, 0.25) is 0 Å². The monoisotopic (exact) mass is 328 g/mol. The van der Waals surface area contributed by atoms with Crippen molar-refractivity contribution in [2.24, 2.45) is 0 Å². The summed E-state index contributed by atoms with van der Waals surface area (Å²) in [5, 5.41) is 1.32. The molecule has 0 fully saturated rings. The Labute approximate surface area is 104 Å².